The molecule has 0 saturated carbocycles. The van der Waals surface area contributed by atoms with E-state index in [4.69, 9.17) is 4.74 Å². The van der Waals surface area contributed by atoms with E-state index in [0.29, 0.717) is 18.4 Å². The van der Waals surface area contributed by atoms with Crippen molar-refractivity contribution in [3.63, 3.8) is 0 Å². The van der Waals surface area contributed by atoms with Crippen LogP contribution in [0, 0.1) is 5.82 Å². The summed E-state index contributed by atoms with van der Waals surface area (Å²) in [5.41, 5.74) is -0.811. The van der Waals surface area contributed by atoms with Gasteiger partial charge >= 0.3 is 0 Å². The lowest BCUT2D eigenvalue weighted by Gasteiger charge is -2.39. The molecule has 1 aliphatic rings. The predicted octanol–water partition coefficient (Wildman–Crippen LogP) is 2.00. The predicted molar refractivity (Wildman–Crippen MR) is 57.3 cm³/mol. The molecule has 2 rings (SSSR count). The summed E-state index contributed by atoms with van der Waals surface area (Å²) in [4.78, 5) is 3.69. The van der Waals surface area contributed by atoms with Gasteiger partial charge in [-0.05, 0) is 19.9 Å². The molecule has 1 aromatic heterocycles. The monoisotopic (exact) mass is 225 g/mol. The highest BCUT2D eigenvalue weighted by Gasteiger charge is 2.39. The smallest absolute Gasteiger partial charge is 0.147 e. The highest BCUT2D eigenvalue weighted by molar-refractivity contribution is 5.22. The van der Waals surface area contributed by atoms with E-state index in [0.717, 1.165) is 6.20 Å². The maximum Gasteiger partial charge on any atom is 0.147 e. The van der Waals surface area contributed by atoms with Gasteiger partial charge in [0.1, 0.15) is 5.82 Å². The zero-order valence-corrected chi connectivity index (χ0v) is 9.48. The number of aromatic nitrogens is 1. The van der Waals surface area contributed by atoms with Crippen LogP contribution in [-0.4, -0.2) is 22.3 Å². The number of halogens is 1. The Balaban J connectivity index is 2.34. The number of nitrogens with zero attached hydrogens (tertiary/aromatic N) is 1. The third-order valence-electron chi connectivity index (χ3n) is 2.99. The van der Waals surface area contributed by atoms with Crippen LogP contribution in [0.5, 0.6) is 0 Å². The molecule has 3 nitrogen and oxygen atoms in total. The molecule has 1 fully saturated rings. The zero-order valence-electron chi connectivity index (χ0n) is 9.48. The second kappa shape index (κ2) is 4.11. The first-order valence-corrected chi connectivity index (χ1v) is 5.49. The molecule has 4 heteroatoms. The van der Waals surface area contributed by atoms with Crippen LogP contribution in [0.15, 0.2) is 18.5 Å². The van der Waals surface area contributed by atoms with Gasteiger partial charge in [-0.15, -0.1) is 0 Å². The Morgan fingerprint density at radius 2 is 2.06 bits per heavy atom. The molecule has 16 heavy (non-hydrogen) atoms. The summed E-state index contributed by atoms with van der Waals surface area (Å²) in [6.07, 6.45) is 3.33. The average Bonchev–Trinajstić information content (AvgIpc) is 2.15. The average molecular weight is 225 g/mol. The summed E-state index contributed by atoms with van der Waals surface area (Å²) in [7, 11) is 0. The van der Waals surface area contributed by atoms with E-state index in [2.05, 4.69) is 4.98 Å². The zero-order chi connectivity index (χ0) is 11.8. The maximum absolute atomic E-state index is 13.6. The quantitative estimate of drug-likeness (QED) is 0.794. The molecule has 1 saturated heterocycles. The standard InChI is InChI=1S/C12H16FNO2/c1-8-5-12(15,6-9(2)16-8)10-3-4-14-7-11(10)13/h3-4,7-9,15H,5-6H2,1-2H3. The Hall–Kier alpha value is -1.00. The molecule has 0 amide bonds. The Morgan fingerprint density at radius 3 is 2.62 bits per heavy atom. The third-order valence-corrected chi connectivity index (χ3v) is 2.99. The molecule has 88 valence electrons. The van der Waals surface area contributed by atoms with Crippen molar-refractivity contribution in [3.05, 3.63) is 29.8 Å². The van der Waals surface area contributed by atoms with Crippen LogP contribution in [0.2, 0.25) is 0 Å². The van der Waals surface area contributed by atoms with Crippen molar-refractivity contribution in [2.75, 3.05) is 0 Å². The molecule has 0 radical (unpaired) electrons. The van der Waals surface area contributed by atoms with Crippen LogP contribution in [0.3, 0.4) is 0 Å². The molecule has 2 atom stereocenters. The first kappa shape index (κ1) is 11.5. The molecule has 0 spiro atoms. The fourth-order valence-electron chi connectivity index (χ4n) is 2.50. The lowest BCUT2D eigenvalue weighted by atomic mass is 9.82. The minimum Gasteiger partial charge on any atom is -0.385 e. The molecular formula is C12H16FNO2. The van der Waals surface area contributed by atoms with Crippen molar-refractivity contribution < 1.29 is 14.2 Å². The fourth-order valence-corrected chi connectivity index (χ4v) is 2.50. The molecule has 0 aliphatic carbocycles. The van der Waals surface area contributed by atoms with Crippen molar-refractivity contribution in [3.8, 4) is 0 Å². The third kappa shape index (κ3) is 2.08. The van der Waals surface area contributed by atoms with E-state index in [1.807, 2.05) is 13.8 Å². The SMILES string of the molecule is CC1CC(O)(c2ccncc2F)CC(C)O1. The van der Waals surface area contributed by atoms with Gasteiger partial charge in [0.05, 0.1) is 24.0 Å². The van der Waals surface area contributed by atoms with Gasteiger partial charge < -0.3 is 9.84 Å². The van der Waals surface area contributed by atoms with Crippen molar-refractivity contribution in [2.45, 2.75) is 44.5 Å². The lowest BCUT2D eigenvalue weighted by molar-refractivity contribution is -0.137. The Labute approximate surface area is 94.3 Å². The molecule has 1 aromatic rings. The summed E-state index contributed by atoms with van der Waals surface area (Å²) in [5, 5.41) is 10.5. The number of rotatable bonds is 1. The maximum atomic E-state index is 13.6. The van der Waals surface area contributed by atoms with Gasteiger partial charge in [0.15, 0.2) is 0 Å². The minimum absolute atomic E-state index is 0.0682. The van der Waals surface area contributed by atoms with Crippen molar-refractivity contribution in [1.82, 2.24) is 4.98 Å². The van der Waals surface area contributed by atoms with Crippen LogP contribution in [0.4, 0.5) is 4.39 Å². The Kier molecular flexibility index (Phi) is 2.95. The molecule has 1 N–H and O–H groups in total. The van der Waals surface area contributed by atoms with E-state index in [9.17, 15) is 9.50 Å². The summed E-state index contributed by atoms with van der Waals surface area (Å²) in [6.45, 7) is 3.78. The number of pyridine rings is 1. The van der Waals surface area contributed by atoms with Gasteiger partial charge in [-0.3, -0.25) is 4.98 Å². The number of hydrogen-bond acceptors (Lipinski definition) is 3. The van der Waals surface area contributed by atoms with Crippen molar-refractivity contribution >= 4 is 0 Å². The van der Waals surface area contributed by atoms with Gasteiger partial charge in [0.25, 0.3) is 0 Å². The minimum atomic E-state index is -1.13. The van der Waals surface area contributed by atoms with Gasteiger partial charge in [-0.1, -0.05) is 0 Å². The van der Waals surface area contributed by atoms with E-state index < -0.39 is 11.4 Å². The number of hydrogen-bond donors (Lipinski definition) is 1. The molecule has 2 unspecified atom stereocenters. The second-order valence-corrected chi connectivity index (χ2v) is 4.55. The summed E-state index contributed by atoms with van der Waals surface area (Å²) in [5.74, 6) is -0.452. The first-order chi connectivity index (χ1) is 7.51. The van der Waals surface area contributed by atoms with Crippen LogP contribution in [0.25, 0.3) is 0 Å². The fraction of sp³-hybridized carbons (Fsp3) is 0.583. The van der Waals surface area contributed by atoms with Gasteiger partial charge in [0.2, 0.25) is 0 Å². The second-order valence-electron chi connectivity index (χ2n) is 4.55. The van der Waals surface area contributed by atoms with Crippen LogP contribution < -0.4 is 0 Å². The number of aliphatic hydroxyl groups is 1. The topological polar surface area (TPSA) is 42.4 Å². The normalized spacial score (nSPS) is 35.0. The summed E-state index contributed by atoms with van der Waals surface area (Å²) >= 11 is 0. The summed E-state index contributed by atoms with van der Waals surface area (Å²) < 4.78 is 19.2. The number of ether oxygens (including phenoxy) is 1. The van der Waals surface area contributed by atoms with Gasteiger partial charge in [-0.25, -0.2) is 4.39 Å². The van der Waals surface area contributed by atoms with Gasteiger partial charge in [-0.2, -0.15) is 0 Å². The molecule has 1 aliphatic heterocycles. The first-order valence-electron chi connectivity index (χ1n) is 5.49. The Morgan fingerprint density at radius 1 is 1.44 bits per heavy atom. The van der Waals surface area contributed by atoms with E-state index in [1.165, 1.54) is 6.20 Å². The highest BCUT2D eigenvalue weighted by atomic mass is 19.1. The Bertz CT molecular complexity index is 373. The van der Waals surface area contributed by atoms with Crippen LogP contribution in [-0.2, 0) is 10.3 Å². The summed E-state index contributed by atoms with van der Waals surface area (Å²) in [6, 6.07) is 1.54. The molecule has 2 heterocycles. The van der Waals surface area contributed by atoms with E-state index >= 15 is 0 Å². The van der Waals surface area contributed by atoms with Crippen molar-refractivity contribution in [1.29, 1.82) is 0 Å². The molecular weight excluding hydrogens is 209 g/mol. The van der Waals surface area contributed by atoms with Crippen LogP contribution in [0.1, 0.15) is 32.3 Å². The van der Waals surface area contributed by atoms with Gasteiger partial charge in [0, 0.05) is 24.6 Å². The van der Waals surface area contributed by atoms with Crippen LogP contribution >= 0.6 is 0 Å². The van der Waals surface area contributed by atoms with Crippen molar-refractivity contribution in [2.24, 2.45) is 0 Å². The van der Waals surface area contributed by atoms with E-state index in [1.54, 1.807) is 6.07 Å². The molecule has 0 aromatic carbocycles. The molecule has 0 bridgehead atoms. The highest BCUT2D eigenvalue weighted by Crippen LogP contribution is 2.37. The van der Waals surface area contributed by atoms with E-state index in [-0.39, 0.29) is 12.2 Å². The lowest BCUT2D eigenvalue weighted by Crippen LogP contribution is -2.41. The largest absolute Gasteiger partial charge is 0.385 e.